The second-order valence-corrected chi connectivity index (χ2v) is 4.46. The number of carboxylic acids is 1. The number of nitrogens with one attached hydrogen (secondary N) is 1. The van der Waals surface area contributed by atoms with E-state index in [-0.39, 0.29) is 0 Å². The largest absolute Gasteiger partial charge is 0.481 e. The average Bonchev–Trinajstić information content (AvgIpc) is 2.81. The predicted octanol–water partition coefficient (Wildman–Crippen LogP) is 1.35. The van der Waals surface area contributed by atoms with Gasteiger partial charge in [-0.05, 0) is 13.3 Å². The molecule has 0 spiro atoms. The number of carbonyl (C=O) groups is 1. The highest BCUT2D eigenvalue weighted by molar-refractivity contribution is 5.70. The maximum atomic E-state index is 11.1. The van der Waals surface area contributed by atoms with Crippen molar-refractivity contribution >= 4 is 17.6 Å². The maximum absolute atomic E-state index is 11.1. The summed E-state index contributed by atoms with van der Waals surface area (Å²) in [4.78, 5) is 19.4. The third kappa shape index (κ3) is 2.98. The zero-order valence-electron chi connectivity index (χ0n) is 11.0. The van der Waals surface area contributed by atoms with Crippen LogP contribution in [0.15, 0.2) is 12.4 Å². The van der Waals surface area contributed by atoms with Crippen LogP contribution in [0, 0.1) is 12.8 Å². The molecule has 19 heavy (non-hydrogen) atoms. The van der Waals surface area contributed by atoms with E-state index in [2.05, 4.69) is 20.4 Å². The molecule has 0 bridgehead atoms. The molecule has 0 fully saturated rings. The van der Waals surface area contributed by atoms with Gasteiger partial charge in [-0.25, -0.2) is 4.98 Å². The third-order valence-corrected chi connectivity index (χ3v) is 2.90. The van der Waals surface area contributed by atoms with Crippen molar-refractivity contribution in [1.82, 2.24) is 19.6 Å². The van der Waals surface area contributed by atoms with E-state index in [4.69, 9.17) is 5.11 Å². The molecule has 7 heteroatoms. The topological polar surface area (TPSA) is 92.4 Å². The molecule has 102 valence electrons. The third-order valence-electron chi connectivity index (χ3n) is 2.90. The molecular weight excluding hydrogens is 246 g/mol. The van der Waals surface area contributed by atoms with Crippen LogP contribution in [-0.4, -0.2) is 37.2 Å². The van der Waals surface area contributed by atoms with Crippen LogP contribution in [0.1, 0.15) is 25.5 Å². The van der Waals surface area contributed by atoms with Gasteiger partial charge in [0.25, 0.3) is 5.78 Å². The fraction of sp³-hybridized carbons (Fsp3) is 0.500. The lowest BCUT2D eigenvalue weighted by Gasteiger charge is -2.14. The van der Waals surface area contributed by atoms with E-state index in [0.717, 1.165) is 12.1 Å². The highest BCUT2D eigenvalue weighted by Crippen LogP contribution is 2.13. The van der Waals surface area contributed by atoms with Gasteiger partial charge < -0.3 is 10.4 Å². The molecular formula is C12H17N5O2. The van der Waals surface area contributed by atoms with Crippen LogP contribution in [0.3, 0.4) is 0 Å². The molecule has 0 aliphatic rings. The number of aromatic nitrogens is 4. The summed E-state index contributed by atoms with van der Waals surface area (Å²) in [6.07, 6.45) is 2.91. The summed E-state index contributed by atoms with van der Waals surface area (Å²) in [5, 5.41) is 16.3. The summed E-state index contributed by atoms with van der Waals surface area (Å²) in [5.41, 5.74) is 0.811. The molecule has 0 saturated heterocycles. The molecule has 2 aromatic rings. The minimum Gasteiger partial charge on any atom is -0.481 e. The number of nitrogens with zero attached hydrogens (tertiary/aromatic N) is 4. The van der Waals surface area contributed by atoms with Crippen molar-refractivity contribution in [2.24, 2.45) is 5.92 Å². The minimum absolute atomic E-state index is 0.363. The molecule has 1 unspecified atom stereocenters. The van der Waals surface area contributed by atoms with Crippen molar-refractivity contribution in [1.29, 1.82) is 0 Å². The predicted molar refractivity (Wildman–Crippen MR) is 70.0 cm³/mol. The number of fused-ring (bicyclic) bond motifs is 1. The number of rotatable bonds is 6. The highest BCUT2D eigenvalue weighted by Gasteiger charge is 2.16. The number of hydrogen-bond donors (Lipinski definition) is 2. The fourth-order valence-corrected chi connectivity index (χ4v) is 1.95. The number of anilines is 1. The Labute approximate surface area is 110 Å². The molecule has 0 radical (unpaired) electrons. The van der Waals surface area contributed by atoms with Gasteiger partial charge >= 0.3 is 5.97 Å². The van der Waals surface area contributed by atoms with Gasteiger partial charge in [0.1, 0.15) is 12.1 Å². The summed E-state index contributed by atoms with van der Waals surface area (Å²) < 4.78 is 1.57. The normalized spacial score (nSPS) is 12.5. The van der Waals surface area contributed by atoms with Crippen molar-refractivity contribution in [2.45, 2.75) is 26.7 Å². The number of carboxylic acid groups (broad SMARTS) is 1. The first-order chi connectivity index (χ1) is 9.11. The van der Waals surface area contributed by atoms with E-state index in [9.17, 15) is 4.79 Å². The van der Waals surface area contributed by atoms with Crippen LogP contribution < -0.4 is 5.32 Å². The Bertz CT molecular complexity index is 581. The maximum Gasteiger partial charge on any atom is 0.308 e. The Morgan fingerprint density at radius 2 is 2.37 bits per heavy atom. The van der Waals surface area contributed by atoms with E-state index >= 15 is 0 Å². The molecule has 0 aromatic carbocycles. The molecule has 2 aromatic heterocycles. The molecule has 0 aliphatic heterocycles. The first-order valence-electron chi connectivity index (χ1n) is 6.26. The van der Waals surface area contributed by atoms with Gasteiger partial charge in [0.2, 0.25) is 0 Å². The standard InChI is InChI=1S/C12H17N5O2/c1-3-4-9(11(18)19)6-13-10-5-8(2)16-12-14-7-15-17(10)12/h5,7,9,13H,3-4,6H2,1-2H3,(H,18,19). The monoisotopic (exact) mass is 263 g/mol. The van der Waals surface area contributed by atoms with Crippen molar-refractivity contribution in [2.75, 3.05) is 11.9 Å². The summed E-state index contributed by atoms with van der Waals surface area (Å²) in [6, 6.07) is 1.83. The molecule has 0 saturated carbocycles. The van der Waals surface area contributed by atoms with Gasteiger partial charge in [0, 0.05) is 18.3 Å². The zero-order chi connectivity index (χ0) is 13.8. The lowest BCUT2D eigenvalue weighted by molar-refractivity contribution is -0.141. The molecule has 2 heterocycles. The van der Waals surface area contributed by atoms with E-state index in [0.29, 0.717) is 24.6 Å². The quantitative estimate of drug-likeness (QED) is 0.817. The van der Waals surface area contributed by atoms with Gasteiger partial charge in [-0.2, -0.15) is 14.6 Å². The Morgan fingerprint density at radius 3 is 3.05 bits per heavy atom. The van der Waals surface area contributed by atoms with Gasteiger partial charge in [-0.1, -0.05) is 13.3 Å². The van der Waals surface area contributed by atoms with E-state index in [1.165, 1.54) is 6.33 Å². The van der Waals surface area contributed by atoms with Gasteiger partial charge in [-0.3, -0.25) is 4.79 Å². The van der Waals surface area contributed by atoms with E-state index < -0.39 is 11.9 Å². The van der Waals surface area contributed by atoms with Gasteiger partial charge in [-0.15, -0.1) is 0 Å². The Hall–Kier alpha value is -2.18. The summed E-state index contributed by atoms with van der Waals surface area (Å²) in [7, 11) is 0. The average molecular weight is 263 g/mol. The van der Waals surface area contributed by atoms with Crippen LogP contribution in [0.5, 0.6) is 0 Å². The molecule has 2 rings (SSSR count). The Morgan fingerprint density at radius 1 is 1.58 bits per heavy atom. The van der Waals surface area contributed by atoms with Gasteiger partial charge in [0.15, 0.2) is 0 Å². The number of hydrogen-bond acceptors (Lipinski definition) is 5. The summed E-state index contributed by atoms with van der Waals surface area (Å²) >= 11 is 0. The summed E-state index contributed by atoms with van der Waals surface area (Å²) in [5.74, 6) is 0.0271. The fourth-order valence-electron chi connectivity index (χ4n) is 1.95. The second kappa shape index (κ2) is 5.64. The van der Waals surface area contributed by atoms with Crippen LogP contribution in [0.2, 0.25) is 0 Å². The molecule has 2 N–H and O–H groups in total. The molecule has 7 nitrogen and oxygen atoms in total. The highest BCUT2D eigenvalue weighted by atomic mass is 16.4. The van der Waals surface area contributed by atoms with E-state index in [1.54, 1.807) is 4.52 Å². The SMILES string of the molecule is CCCC(CNc1cc(C)nc2ncnn12)C(=O)O. The first-order valence-corrected chi connectivity index (χ1v) is 6.26. The van der Waals surface area contributed by atoms with Crippen LogP contribution in [0.25, 0.3) is 5.78 Å². The molecule has 0 aliphatic carbocycles. The number of aryl methyl sites for hydroxylation is 1. The smallest absolute Gasteiger partial charge is 0.308 e. The first kappa shape index (κ1) is 13.3. The van der Waals surface area contributed by atoms with Crippen molar-refractivity contribution in [3.63, 3.8) is 0 Å². The molecule has 1 atom stereocenters. The van der Waals surface area contributed by atoms with Crippen molar-refractivity contribution in [3.8, 4) is 0 Å². The van der Waals surface area contributed by atoms with Gasteiger partial charge in [0.05, 0.1) is 5.92 Å². The lowest BCUT2D eigenvalue weighted by Crippen LogP contribution is -2.23. The van der Waals surface area contributed by atoms with Crippen molar-refractivity contribution < 1.29 is 9.90 Å². The van der Waals surface area contributed by atoms with Crippen molar-refractivity contribution in [3.05, 3.63) is 18.1 Å². The Balaban J connectivity index is 2.16. The van der Waals surface area contributed by atoms with Crippen LogP contribution in [0.4, 0.5) is 5.82 Å². The lowest BCUT2D eigenvalue weighted by atomic mass is 10.0. The minimum atomic E-state index is -0.782. The van der Waals surface area contributed by atoms with E-state index in [1.807, 2.05) is 19.9 Å². The Kier molecular flexibility index (Phi) is 3.94. The molecule has 0 amide bonds. The zero-order valence-corrected chi connectivity index (χ0v) is 11.0. The van der Waals surface area contributed by atoms with Crippen LogP contribution in [-0.2, 0) is 4.79 Å². The number of aliphatic carboxylic acids is 1. The van der Waals surface area contributed by atoms with Crippen LogP contribution >= 0.6 is 0 Å². The summed E-state index contributed by atoms with van der Waals surface area (Å²) in [6.45, 7) is 4.20. The second-order valence-electron chi connectivity index (χ2n) is 4.46.